The highest BCUT2D eigenvalue weighted by atomic mass is 16.7. The van der Waals surface area contributed by atoms with Gasteiger partial charge < -0.3 is 59.3 Å². The summed E-state index contributed by atoms with van der Waals surface area (Å²) in [5.41, 5.74) is 7.52. The molecule has 5 aromatic carbocycles. The molecule has 5 aliphatic rings. The number of fused-ring (bicyclic) bond motifs is 7. The second-order valence-corrected chi connectivity index (χ2v) is 21.9. The van der Waals surface area contributed by atoms with Crippen LogP contribution in [-0.2, 0) is 49.9 Å². The number of allylic oxidation sites excluding steroid dienone is 1. The number of aliphatic hydroxyl groups is 1. The SMILES string of the molecule is COc1cc2c(cc1OCCCCCOc1cc3c(cc1OC)C(=O)N1c4ccccc4C[C@H]1CN3C(=O)OCc1ccc(NC(=O)[C@H](C)NC(=O)C(C=C(C)C)NC(=O)CCCCC3OC3O)cc1)N=CC1Cc3ccccc3CN1C2=O. The Morgan fingerprint density at radius 3 is 2.13 bits per heavy atom. The van der Waals surface area contributed by atoms with Gasteiger partial charge in [0.1, 0.15) is 24.8 Å². The lowest BCUT2D eigenvalue weighted by Gasteiger charge is -2.34. The maximum Gasteiger partial charge on any atom is 0.414 e. The van der Waals surface area contributed by atoms with Crippen LogP contribution in [0.25, 0.3) is 0 Å². The molecule has 0 saturated carbocycles. The fourth-order valence-corrected chi connectivity index (χ4v) is 11.0. The predicted molar refractivity (Wildman–Crippen MR) is 314 cm³/mol. The van der Waals surface area contributed by atoms with E-state index < -0.39 is 36.3 Å². The Morgan fingerprint density at radius 2 is 1.43 bits per heavy atom. The Hall–Kier alpha value is -8.75. The lowest BCUT2D eigenvalue weighted by Crippen LogP contribution is -2.51. The quantitative estimate of drug-likeness (QED) is 0.0273. The van der Waals surface area contributed by atoms with Crippen LogP contribution in [0.1, 0.15) is 109 Å². The number of amides is 6. The average molecular weight is 1150 g/mol. The van der Waals surface area contributed by atoms with Gasteiger partial charge in [-0.3, -0.25) is 33.9 Å². The molecular formula is C64H71N7O13. The topological polar surface area (TPSA) is 240 Å². The molecule has 5 heterocycles. The number of unbranched alkanes of at least 4 members (excludes halogenated alkanes) is 3. The predicted octanol–water partition coefficient (Wildman–Crippen LogP) is 8.52. The van der Waals surface area contributed by atoms with E-state index in [1.54, 1.807) is 87.4 Å². The molecule has 0 aliphatic carbocycles. The molecule has 84 heavy (non-hydrogen) atoms. The number of aliphatic hydroxyl groups excluding tert-OH is 1. The van der Waals surface area contributed by atoms with Crippen molar-refractivity contribution in [1.82, 2.24) is 15.5 Å². The molecule has 6 amide bonds. The van der Waals surface area contributed by atoms with E-state index in [4.69, 9.17) is 33.4 Å². The van der Waals surface area contributed by atoms with Crippen LogP contribution < -0.4 is 44.7 Å². The highest BCUT2D eigenvalue weighted by molar-refractivity contribution is 6.14. The standard InChI is InChI=1S/C64H71N7O13/c1-38(2)27-50(68-58(72)20-12-11-19-53-63(77)84-53)60(74)66-39(3)59(73)67-44-23-21-40(22-24-44)37-83-64(78)70-36-46-29-42-16-9-10-18-51(42)71(46)62(76)48-31-55(80-5)57(33-52(48)70)82-26-14-6-13-25-81-56-32-49-47(30-54(56)79-4)61(75)69-35-43-17-8-7-15-41(43)28-45(69)34-65-49/h7-10,15-18,21-24,27,30-34,39,45-46,50,53,63,77H,6,11-14,19-20,25-26,28-29,35-37H2,1-5H3,(H,66,74)(H,67,73)(H,68,72)/t39-,45?,46-,50?,53?,63?/m0/s1. The third kappa shape index (κ3) is 13.5. The molecule has 440 valence electrons. The number of epoxide rings is 1. The van der Waals surface area contributed by atoms with Crippen molar-refractivity contribution in [2.75, 3.05) is 49.1 Å². The summed E-state index contributed by atoms with van der Waals surface area (Å²) in [5.74, 6) is -0.124. The van der Waals surface area contributed by atoms with E-state index in [2.05, 4.69) is 28.1 Å². The van der Waals surface area contributed by atoms with Crippen molar-refractivity contribution in [2.24, 2.45) is 4.99 Å². The largest absolute Gasteiger partial charge is 0.493 e. The molecule has 10 rings (SSSR count). The van der Waals surface area contributed by atoms with Gasteiger partial charge in [-0.2, -0.15) is 0 Å². The van der Waals surface area contributed by atoms with Gasteiger partial charge in [-0.25, -0.2) is 4.79 Å². The molecule has 20 heteroatoms. The second kappa shape index (κ2) is 26.2. The Kier molecular flexibility index (Phi) is 18.2. The van der Waals surface area contributed by atoms with Gasteiger partial charge in [0.2, 0.25) is 17.7 Å². The lowest BCUT2D eigenvalue weighted by molar-refractivity contribution is -0.129. The molecule has 5 aliphatic heterocycles. The van der Waals surface area contributed by atoms with E-state index in [-0.39, 0.29) is 61.0 Å². The molecular weight excluding hydrogens is 1070 g/mol. The van der Waals surface area contributed by atoms with E-state index in [1.807, 2.05) is 47.5 Å². The van der Waals surface area contributed by atoms with E-state index in [9.17, 15) is 33.9 Å². The molecule has 5 aromatic rings. The van der Waals surface area contributed by atoms with Gasteiger partial charge in [0.05, 0.1) is 68.6 Å². The van der Waals surface area contributed by atoms with Gasteiger partial charge in [-0.1, -0.05) is 72.7 Å². The molecule has 0 bridgehead atoms. The van der Waals surface area contributed by atoms with Crippen molar-refractivity contribution < 1.29 is 62.3 Å². The third-order valence-electron chi connectivity index (χ3n) is 15.6. The highest BCUT2D eigenvalue weighted by Crippen LogP contribution is 2.43. The summed E-state index contributed by atoms with van der Waals surface area (Å²) in [4.78, 5) is 92.0. The summed E-state index contributed by atoms with van der Waals surface area (Å²) < 4.78 is 35.0. The van der Waals surface area contributed by atoms with Crippen LogP contribution in [0.15, 0.2) is 114 Å². The van der Waals surface area contributed by atoms with Crippen LogP contribution in [0.5, 0.6) is 23.0 Å². The number of hydrogen-bond donors (Lipinski definition) is 4. The summed E-state index contributed by atoms with van der Waals surface area (Å²) in [6, 6.07) is 26.8. The third-order valence-corrected chi connectivity index (χ3v) is 15.6. The Balaban J connectivity index is 0.740. The van der Waals surface area contributed by atoms with E-state index >= 15 is 0 Å². The van der Waals surface area contributed by atoms with Gasteiger partial charge in [0.25, 0.3) is 11.8 Å². The summed E-state index contributed by atoms with van der Waals surface area (Å²) in [6.07, 6.45) is 7.27. The number of rotatable bonds is 23. The number of aliphatic imine (C=N–C) groups is 1. The number of carbonyl (C=O) groups is 6. The molecule has 1 fully saturated rings. The molecule has 0 radical (unpaired) electrons. The average Bonchev–Trinajstić information content (AvgIpc) is 2.34. The minimum atomic E-state index is -0.988. The van der Waals surface area contributed by atoms with Crippen LogP contribution in [0.3, 0.4) is 0 Å². The normalized spacial score (nSPS) is 18.6. The van der Waals surface area contributed by atoms with E-state index in [0.29, 0.717) is 116 Å². The number of methoxy groups -OCH3 is 2. The fourth-order valence-electron chi connectivity index (χ4n) is 11.0. The minimum absolute atomic E-state index is 0.104. The van der Waals surface area contributed by atoms with Crippen molar-refractivity contribution in [3.63, 3.8) is 0 Å². The first-order valence-electron chi connectivity index (χ1n) is 28.6. The number of nitrogens with one attached hydrogen (secondary N) is 3. The van der Waals surface area contributed by atoms with E-state index in [1.165, 1.54) is 17.6 Å². The van der Waals surface area contributed by atoms with Crippen molar-refractivity contribution in [3.05, 3.63) is 142 Å². The van der Waals surface area contributed by atoms with Gasteiger partial charge in [0.15, 0.2) is 29.3 Å². The van der Waals surface area contributed by atoms with Gasteiger partial charge in [0, 0.05) is 42.7 Å². The van der Waals surface area contributed by atoms with Crippen molar-refractivity contribution in [1.29, 1.82) is 0 Å². The number of benzene rings is 5. The number of anilines is 3. The van der Waals surface area contributed by atoms with Crippen LogP contribution in [0, 0.1) is 0 Å². The smallest absolute Gasteiger partial charge is 0.414 e. The summed E-state index contributed by atoms with van der Waals surface area (Å²) >= 11 is 0. The zero-order valence-electron chi connectivity index (χ0n) is 47.9. The zero-order valence-corrected chi connectivity index (χ0v) is 47.9. The van der Waals surface area contributed by atoms with Crippen LogP contribution in [-0.4, -0.2) is 122 Å². The molecule has 4 N–H and O–H groups in total. The molecule has 0 spiro atoms. The highest BCUT2D eigenvalue weighted by Gasteiger charge is 2.43. The van der Waals surface area contributed by atoms with Gasteiger partial charge in [-0.05, 0) is 118 Å². The monoisotopic (exact) mass is 1150 g/mol. The van der Waals surface area contributed by atoms with Crippen LogP contribution in [0.2, 0.25) is 0 Å². The van der Waals surface area contributed by atoms with Gasteiger partial charge >= 0.3 is 6.09 Å². The van der Waals surface area contributed by atoms with Gasteiger partial charge in [-0.15, -0.1) is 0 Å². The fraction of sp³-hybridized carbons (Fsp3) is 0.391. The Morgan fingerprint density at radius 1 is 0.750 bits per heavy atom. The summed E-state index contributed by atoms with van der Waals surface area (Å²) in [6.45, 7) is 6.33. The first kappa shape index (κ1) is 58.4. The first-order chi connectivity index (χ1) is 40.7. The molecule has 1 saturated heterocycles. The summed E-state index contributed by atoms with van der Waals surface area (Å²) in [5, 5.41) is 17.6. The number of carbonyl (C=O) groups excluding carboxylic acids is 6. The maximum atomic E-state index is 14.6. The Labute approximate surface area is 488 Å². The van der Waals surface area contributed by atoms with Crippen molar-refractivity contribution in [2.45, 2.75) is 128 Å². The zero-order chi connectivity index (χ0) is 59.0. The number of hydrogen-bond acceptors (Lipinski definition) is 14. The molecule has 6 atom stereocenters. The minimum Gasteiger partial charge on any atom is -0.493 e. The summed E-state index contributed by atoms with van der Waals surface area (Å²) in [7, 11) is 3.05. The van der Waals surface area contributed by atoms with Crippen molar-refractivity contribution in [3.8, 4) is 23.0 Å². The molecule has 0 aromatic heterocycles. The first-order valence-corrected chi connectivity index (χ1v) is 28.6. The van der Waals surface area contributed by atoms with E-state index in [0.717, 1.165) is 28.8 Å². The number of para-hydroxylation sites is 1. The van der Waals surface area contributed by atoms with Crippen LogP contribution in [0.4, 0.5) is 27.5 Å². The second-order valence-electron chi connectivity index (χ2n) is 21.9. The number of nitrogens with zero attached hydrogens (tertiary/aromatic N) is 4. The van der Waals surface area contributed by atoms with Crippen molar-refractivity contribution >= 4 is 64.6 Å². The lowest BCUT2D eigenvalue weighted by atomic mass is 9.94. The number of ether oxygens (including phenoxy) is 6. The van der Waals surface area contributed by atoms with Crippen LogP contribution >= 0.6 is 0 Å². The molecule has 4 unspecified atom stereocenters. The maximum absolute atomic E-state index is 14.6. The molecule has 20 nitrogen and oxygen atoms in total. The Bertz CT molecular complexity index is 3360.